The number of carbonyl (C=O) groups is 1. The molecule has 166 valence electrons. The van der Waals surface area contributed by atoms with E-state index in [1.54, 1.807) is 12.1 Å². The molecular weight excluding hydrogens is 397 g/mol. The van der Waals surface area contributed by atoms with Crippen LogP contribution in [0, 0.1) is 5.95 Å². The van der Waals surface area contributed by atoms with Gasteiger partial charge in [0.15, 0.2) is 0 Å². The average Bonchev–Trinajstić information content (AvgIpc) is 3.29. The van der Waals surface area contributed by atoms with Crippen molar-refractivity contribution in [3.8, 4) is 0 Å². The molecule has 0 radical (unpaired) electrons. The van der Waals surface area contributed by atoms with Gasteiger partial charge in [-0.3, -0.25) is 14.5 Å². The number of aromatic amines is 1. The summed E-state index contributed by atoms with van der Waals surface area (Å²) in [5.74, 6) is -0.630. The number of nitrogens with one attached hydrogen (secondary N) is 2. The highest BCUT2D eigenvalue weighted by molar-refractivity contribution is 5.92. The van der Waals surface area contributed by atoms with E-state index < -0.39 is 11.9 Å². The van der Waals surface area contributed by atoms with E-state index in [4.69, 9.17) is 0 Å². The van der Waals surface area contributed by atoms with Gasteiger partial charge in [0, 0.05) is 49.9 Å². The van der Waals surface area contributed by atoms with Crippen LogP contribution < -0.4 is 15.8 Å². The highest BCUT2D eigenvalue weighted by Crippen LogP contribution is 2.31. The summed E-state index contributed by atoms with van der Waals surface area (Å²) in [6.07, 6.45) is 3.69. The Labute approximate surface area is 181 Å². The van der Waals surface area contributed by atoms with Crippen molar-refractivity contribution in [2.75, 3.05) is 38.1 Å². The summed E-state index contributed by atoms with van der Waals surface area (Å²) >= 11 is 0. The molecule has 31 heavy (non-hydrogen) atoms. The predicted octanol–water partition coefficient (Wildman–Crippen LogP) is 2.29. The molecule has 8 heteroatoms. The summed E-state index contributed by atoms with van der Waals surface area (Å²) in [7, 11) is 1.50. The second kappa shape index (κ2) is 9.18. The molecule has 1 amide bonds. The first-order valence-corrected chi connectivity index (χ1v) is 11.1. The van der Waals surface area contributed by atoms with Crippen LogP contribution in [0.2, 0.25) is 0 Å². The molecule has 7 nitrogen and oxygen atoms in total. The summed E-state index contributed by atoms with van der Waals surface area (Å²) in [5, 5.41) is 2.46. The number of piperidine rings is 1. The number of likely N-dealkylation sites (tertiary alicyclic amines) is 1. The van der Waals surface area contributed by atoms with Gasteiger partial charge in [-0.2, -0.15) is 4.39 Å². The molecule has 2 aliphatic rings. The van der Waals surface area contributed by atoms with E-state index in [2.05, 4.69) is 26.3 Å². The van der Waals surface area contributed by atoms with E-state index in [0.29, 0.717) is 17.6 Å². The topological polar surface area (TPSA) is 81.3 Å². The average molecular weight is 428 g/mol. The van der Waals surface area contributed by atoms with Gasteiger partial charge in [-0.1, -0.05) is 13.0 Å². The number of carbonyl (C=O) groups excluding carboxylic acids is 1. The number of hydrogen-bond donors (Lipinski definition) is 2. The molecule has 1 unspecified atom stereocenters. The number of hydrogen-bond acceptors (Lipinski definition) is 5. The first-order chi connectivity index (χ1) is 15.0. The number of H-pyrrole nitrogens is 1. The van der Waals surface area contributed by atoms with Gasteiger partial charge in [-0.25, -0.2) is 4.98 Å². The summed E-state index contributed by atoms with van der Waals surface area (Å²) in [4.78, 5) is 35.2. The Hall–Kier alpha value is -2.74. The minimum Gasteiger partial charge on any atom is -0.368 e. The van der Waals surface area contributed by atoms with Crippen LogP contribution >= 0.6 is 0 Å². The first-order valence-electron chi connectivity index (χ1n) is 11.1. The quantitative estimate of drug-likeness (QED) is 0.716. The summed E-state index contributed by atoms with van der Waals surface area (Å²) in [5.41, 5.74) is 2.44. The fraction of sp³-hybridized carbons (Fsp3) is 0.522. The zero-order valence-corrected chi connectivity index (χ0v) is 18.2. The third-order valence-electron chi connectivity index (χ3n) is 6.66. The van der Waals surface area contributed by atoms with Crippen LogP contribution in [-0.4, -0.2) is 60.0 Å². The van der Waals surface area contributed by atoms with Crippen molar-refractivity contribution in [1.82, 2.24) is 20.2 Å². The van der Waals surface area contributed by atoms with Crippen LogP contribution in [0.1, 0.15) is 53.8 Å². The second-order valence-corrected chi connectivity index (χ2v) is 8.41. The fourth-order valence-electron chi connectivity index (χ4n) is 4.80. The van der Waals surface area contributed by atoms with Crippen LogP contribution in [0.4, 0.5) is 10.1 Å². The lowest BCUT2D eigenvalue weighted by atomic mass is 10.0. The SMILES string of the molecule is CCc1ccc(C2CCN(C3CCN(c4ccc(C(=O)NC)nc4F)CC3)C2)[nH]c1=O. The largest absolute Gasteiger partial charge is 0.368 e. The Bertz CT molecular complexity index is 1000. The predicted molar refractivity (Wildman–Crippen MR) is 118 cm³/mol. The third kappa shape index (κ3) is 4.49. The Morgan fingerprint density at radius 3 is 2.61 bits per heavy atom. The van der Waals surface area contributed by atoms with Crippen LogP contribution in [0.5, 0.6) is 0 Å². The molecule has 2 aromatic heterocycles. The smallest absolute Gasteiger partial charge is 0.269 e. The van der Waals surface area contributed by atoms with E-state index in [1.807, 2.05) is 17.9 Å². The molecule has 2 fully saturated rings. The second-order valence-electron chi connectivity index (χ2n) is 8.41. The lowest BCUT2D eigenvalue weighted by Crippen LogP contribution is -2.44. The number of amides is 1. The molecule has 2 N–H and O–H groups in total. The first kappa shape index (κ1) is 21.5. The molecule has 0 saturated carbocycles. The van der Waals surface area contributed by atoms with Crippen molar-refractivity contribution in [3.63, 3.8) is 0 Å². The Kier molecular flexibility index (Phi) is 6.36. The van der Waals surface area contributed by atoms with Gasteiger partial charge in [0.05, 0.1) is 5.69 Å². The van der Waals surface area contributed by atoms with Gasteiger partial charge >= 0.3 is 0 Å². The number of anilines is 1. The Morgan fingerprint density at radius 2 is 1.97 bits per heavy atom. The molecule has 2 aromatic rings. The van der Waals surface area contributed by atoms with Crippen molar-refractivity contribution >= 4 is 11.6 Å². The molecule has 0 aromatic carbocycles. The summed E-state index contributed by atoms with van der Waals surface area (Å²) in [6.45, 7) is 5.47. The molecule has 0 bridgehead atoms. The molecular formula is C23H30FN5O2. The van der Waals surface area contributed by atoms with Crippen LogP contribution in [0.3, 0.4) is 0 Å². The standard InChI is InChI=1S/C23H30FN5O2/c1-3-15-4-5-18(27-22(15)30)16-8-11-29(14-16)17-9-12-28(13-10-17)20-7-6-19(23(31)25-2)26-21(20)24/h4-7,16-17H,3,8-14H2,1-2H3,(H,25,31)(H,27,30). The van der Waals surface area contributed by atoms with Gasteiger partial charge in [0.25, 0.3) is 11.5 Å². The lowest BCUT2D eigenvalue weighted by Gasteiger charge is -2.37. The molecule has 0 spiro atoms. The molecule has 4 heterocycles. The van der Waals surface area contributed by atoms with Crippen LogP contribution in [0.25, 0.3) is 0 Å². The zero-order valence-electron chi connectivity index (χ0n) is 18.2. The Morgan fingerprint density at radius 1 is 1.19 bits per heavy atom. The maximum Gasteiger partial charge on any atom is 0.269 e. The van der Waals surface area contributed by atoms with Crippen molar-refractivity contribution < 1.29 is 9.18 Å². The van der Waals surface area contributed by atoms with Crippen LogP contribution in [-0.2, 0) is 6.42 Å². The maximum atomic E-state index is 14.5. The third-order valence-corrected chi connectivity index (χ3v) is 6.66. The maximum absolute atomic E-state index is 14.5. The lowest BCUT2D eigenvalue weighted by molar-refractivity contribution is 0.0957. The van der Waals surface area contributed by atoms with Gasteiger partial charge in [-0.05, 0) is 50.4 Å². The van der Waals surface area contributed by atoms with Crippen LogP contribution in [0.15, 0.2) is 29.1 Å². The number of nitrogens with zero attached hydrogens (tertiary/aromatic N) is 3. The van der Waals surface area contributed by atoms with Crippen molar-refractivity contribution in [1.29, 1.82) is 0 Å². The van der Waals surface area contributed by atoms with E-state index in [9.17, 15) is 14.0 Å². The van der Waals surface area contributed by atoms with Crippen molar-refractivity contribution in [2.45, 2.75) is 44.6 Å². The van der Waals surface area contributed by atoms with Gasteiger partial charge in [0.2, 0.25) is 5.95 Å². The highest BCUT2D eigenvalue weighted by Gasteiger charge is 2.32. The number of aromatic nitrogens is 2. The highest BCUT2D eigenvalue weighted by atomic mass is 19.1. The van der Waals surface area contributed by atoms with Gasteiger partial charge < -0.3 is 15.2 Å². The molecule has 0 aliphatic carbocycles. The monoisotopic (exact) mass is 427 g/mol. The zero-order chi connectivity index (χ0) is 22.0. The van der Waals surface area contributed by atoms with E-state index in [0.717, 1.165) is 63.1 Å². The summed E-state index contributed by atoms with van der Waals surface area (Å²) < 4.78 is 14.5. The number of aryl methyl sites for hydroxylation is 1. The van der Waals surface area contributed by atoms with E-state index in [-0.39, 0.29) is 11.3 Å². The van der Waals surface area contributed by atoms with E-state index >= 15 is 0 Å². The van der Waals surface area contributed by atoms with E-state index in [1.165, 1.54) is 7.05 Å². The molecule has 4 rings (SSSR count). The molecule has 2 aliphatic heterocycles. The van der Waals surface area contributed by atoms with Gasteiger partial charge in [0.1, 0.15) is 5.69 Å². The number of halogens is 1. The minimum absolute atomic E-state index is 0.0323. The fourth-order valence-corrected chi connectivity index (χ4v) is 4.80. The molecule has 2 saturated heterocycles. The van der Waals surface area contributed by atoms with Crippen molar-refractivity contribution in [3.05, 3.63) is 57.5 Å². The summed E-state index contributed by atoms with van der Waals surface area (Å²) in [6, 6.07) is 7.70. The van der Waals surface area contributed by atoms with Gasteiger partial charge in [-0.15, -0.1) is 0 Å². The Balaban J connectivity index is 1.35. The number of pyridine rings is 2. The normalized spacial score (nSPS) is 20.2. The minimum atomic E-state index is -0.597. The number of rotatable bonds is 5. The molecule has 1 atom stereocenters. The van der Waals surface area contributed by atoms with Crippen molar-refractivity contribution in [2.24, 2.45) is 0 Å².